The predicted octanol–water partition coefficient (Wildman–Crippen LogP) is 5.58. The molecule has 0 aliphatic heterocycles. The number of carbonyl (C=O) groups is 2. The van der Waals surface area contributed by atoms with Crippen LogP contribution in [-0.4, -0.2) is 18.1 Å². The molecule has 0 radical (unpaired) electrons. The van der Waals surface area contributed by atoms with Gasteiger partial charge in [-0.15, -0.1) is 0 Å². The number of hydrogen-bond acceptors (Lipinski definition) is 6. The summed E-state index contributed by atoms with van der Waals surface area (Å²) >= 11 is 0. The van der Waals surface area contributed by atoms with Crippen molar-refractivity contribution in [2.45, 2.75) is 45.3 Å². The van der Waals surface area contributed by atoms with Gasteiger partial charge in [-0.2, -0.15) is 0 Å². The van der Waals surface area contributed by atoms with E-state index >= 15 is 0 Å². The number of alkyl carbamates (subject to hydrolysis) is 1. The lowest BCUT2D eigenvalue weighted by Gasteiger charge is -2.18. The van der Waals surface area contributed by atoms with Gasteiger partial charge in [0.1, 0.15) is 24.0 Å². The number of hydrogen-bond donors (Lipinski definition) is 1. The molecule has 190 valence electrons. The lowest BCUT2D eigenvalue weighted by Crippen LogP contribution is -2.44. The van der Waals surface area contributed by atoms with Crippen LogP contribution in [0.25, 0.3) is 11.0 Å². The van der Waals surface area contributed by atoms with Crippen LogP contribution in [0.5, 0.6) is 5.75 Å². The molecule has 0 fully saturated rings. The summed E-state index contributed by atoms with van der Waals surface area (Å²) in [5.74, 6) is -0.449. The Morgan fingerprint density at radius 1 is 0.919 bits per heavy atom. The Balaban J connectivity index is 1.50. The number of fused-ring (bicyclic) bond motifs is 1. The average Bonchev–Trinajstić information content (AvgIpc) is 2.91. The first kappa shape index (κ1) is 25.7. The zero-order valence-corrected chi connectivity index (χ0v) is 20.6. The Labute approximate surface area is 215 Å². The maximum atomic E-state index is 13.2. The van der Waals surface area contributed by atoms with Crippen LogP contribution in [0, 0.1) is 0 Å². The maximum absolute atomic E-state index is 13.2. The highest BCUT2D eigenvalue weighted by Gasteiger charge is 2.24. The molecule has 0 saturated carbocycles. The van der Waals surface area contributed by atoms with Gasteiger partial charge in [0, 0.05) is 23.9 Å². The van der Waals surface area contributed by atoms with Crippen LogP contribution in [0.2, 0.25) is 0 Å². The molecule has 1 atom stereocenters. The number of carbonyl (C=O) groups excluding carboxylic acids is 2. The largest absolute Gasteiger partial charge is 0.445 e. The molecule has 0 unspecified atom stereocenters. The second-order valence-corrected chi connectivity index (χ2v) is 8.72. The van der Waals surface area contributed by atoms with Gasteiger partial charge < -0.3 is 19.2 Å². The minimum Gasteiger partial charge on any atom is -0.445 e. The lowest BCUT2D eigenvalue weighted by molar-refractivity contribution is -0.136. The van der Waals surface area contributed by atoms with Gasteiger partial charge in [-0.3, -0.25) is 0 Å². The van der Waals surface area contributed by atoms with Crippen LogP contribution in [-0.2, 0) is 29.0 Å². The first-order valence-corrected chi connectivity index (χ1v) is 12.3. The summed E-state index contributed by atoms with van der Waals surface area (Å²) in [6.45, 7) is 2.16. The van der Waals surface area contributed by atoms with E-state index in [9.17, 15) is 14.4 Å². The van der Waals surface area contributed by atoms with Crippen LogP contribution >= 0.6 is 0 Å². The molecule has 1 amide bonds. The first-order valence-electron chi connectivity index (χ1n) is 12.3. The van der Waals surface area contributed by atoms with E-state index in [0.29, 0.717) is 5.58 Å². The molecule has 1 heterocycles. The molecule has 1 aromatic heterocycles. The lowest BCUT2D eigenvalue weighted by atomic mass is 10.0. The second kappa shape index (κ2) is 12.5. The van der Waals surface area contributed by atoms with Gasteiger partial charge in [0.2, 0.25) is 0 Å². The average molecular weight is 500 g/mol. The molecule has 4 rings (SSSR count). The summed E-state index contributed by atoms with van der Waals surface area (Å²) in [7, 11) is 0. The molecule has 0 bridgehead atoms. The van der Waals surface area contributed by atoms with E-state index in [1.54, 1.807) is 12.1 Å². The first-order chi connectivity index (χ1) is 18.0. The molecule has 37 heavy (non-hydrogen) atoms. The van der Waals surface area contributed by atoms with Gasteiger partial charge in [0.25, 0.3) is 0 Å². The fourth-order valence-corrected chi connectivity index (χ4v) is 3.99. The summed E-state index contributed by atoms with van der Waals surface area (Å²) in [6.07, 6.45) is 2.19. The van der Waals surface area contributed by atoms with E-state index in [2.05, 4.69) is 12.2 Å². The number of esters is 1. The number of rotatable bonds is 10. The number of amides is 1. The van der Waals surface area contributed by atoms with Crippen molar-refractivity contribution < 1.29 is 23.5 Å². The van der Waals surface area contributed by atoms with Crippen LogP contribution in [0.1, 0.15) is 36.5 Å². The minimum atomic E-state index is -0.996. The second-order valence-electron chi connectivity index (χ2n) is 8.72. The number of nitrogens with one attached hydrogen (secondary N) is 1. The summed E-state index contributed by atoms with van der Waals surface area (Å²) in [4.78, 5) is 37.7. The number of ether oxygens (including phenoxy) is 2. The fourth-order valence-electron chi connectivity index (χ4n) is 3.99. The summed E-state index contributed by atoms with van der Waals surface area (Å²) < 4.78 is 16.3. The van der Waals surface area contributed by atoms with Crippen LogP contribution < -0.4 is 15.7 Å². The van der Waals surface area contributed by atoms with Crippen molar-refractivity contribution in [3.63, 3.8) is 0 Å². The molecular weight excluding hydrogens is 470 g/mol. The van der Waals surface area contributed by atoms with E-state index < -0.39 is 23.7 Å². The standard InChI is InChI=1S/C30H29NO6/c1-2-3-14-23-18-28(32)37-27-19-24(15-16-25(23)27)36-29(33)26(17-21-10-6-4-7-11-21)31-30(34)35-20-22-12-8-5-9-13-22/h4-13,15-16,18-19,26H,2-3,14,17,20H2,1H3,(H,31,34)/t26-/m1/s1. The topological polar surface area (TPSA) is 94.8 Å². The van der Waals surface area contributed by atoms with Gasteiger partial charge in [-0.1, -0.05) is 74.0 Å². The van der Waals surface area contributed by atoms with Gasteiger partial charge in [-0.05, 0) is 41.7 Å². The maximum Gasteiger partial charge on any atom is 0.408 e. The van der Waals surface area contributed by atoms with Gasteiger partial charge >= 0.3 is 17.7 Å². The monoisotopic (exact) mass is 499 g/mol. The summed E-state index contributed by atoms with van der Waals surface area (Å²) in [5.41, 5.74) is 2.47. The molecule has 0 spiro atoms. The van der Waals surface area contributed by atoms with E-state index in [1.807, 2.05) is 60.7 Å². The Morgan fingerprint density at radius 3 is 2.32 bits per heavy atom. The summed E-state index contributed by atoms with van der Waals surface area (Å²) in [5, 5.41) is 3.43. The van der Waals surface area contributed by atoms with E-state index in [4.69, 9.17) is 13.9 Å². The third kappa shape index (κ3) is 7.30. The number of aryl methyl sites for hydroxylation is 1. The highest BCUT2D eigenvalue weighted by atomic mass is 16.6. The van der Waals surface area contributed by atoms with Gasteiger partial charge in [0.15, 0.2) is 0 Å². The van der Waals surface area contributed by atoms with Crippen LogP contribution in [0.3, 0.4) is 0 Å². The van der Waals surface area contributed by atoms with Crippen LogP contribution in [0.15, 0.2) is 94.1 Å². The zero-order valence-electron chi connectivity index (χ0n) is 20.6. The van der Waals surface area contributed by atoms with Crippen molar-refractivity contribution in [1.82, 2.24) is 5.32 Å². The van der Waals surface area contributed by atoms with E-state index in [0.717, 1.165) is 41.3 Å². The predicted molar refractivity (Wildman–Crippen MR) is 140 cm³/mol. The Hall–Kier alpha value is -4.39. The van der Waals surface area contributed by atoms with Crippen molar-refractivity contribution in [2.24, 2.45) is 0 Å². The van der Waals surface area contributed by atoms with Gasteiger partial charge in [0.05, 0.1) is 0 Å². The quantitative estimate of drug-likeness (QED) is 0.174. The molecule has 4 aromatic rings. The molecule has 7 nitrogen and oxygen atoms in total. The number of unbranched alkanes of at least 4 members (excludes halogenated alkanes) is 1. The van der Waals surface area contributed by atoms with Crippen molar-refractivity contribution in [1.29, 1.82) is 0 Å². The third-order valence-electron chi connectivity index (χ3n) is 5.89. The smallest absolute Gasteiger partial charge is 0.408 e. The van der Waals surface area contributed by atoms with Crippen molar-refractivity contribution in [3.8, 4) is 5.75 Å². The Morgan fingerprint density at radius 2 is 1.62 bits per heavy atom. The molecule has 0 aliphatic carbocycles. The highest BCUT2D eigenvalue weighted by Crippen LogP contribution is 2.24. The van der Waals surface area contributed by atoms with Crippen molar-refractivity contribution >= 4 is 23.0 Å². The molecule has 0 aliphatic rings. The fraction of sp³-hybridized carbons (Fsp3) is 0.233. The zero-order chi connectivity index (χ0) is 26.0. The Kier molecular flexibility index (Phi) is 8.70. The Bertz CT molecular complexity index is 1400. The van der Waals surface area contributed by atoms with Crippen molar-refractivity contribution in [3.05, 3.63) is 112 Å². The van der Waals surface area contributed by atoms with Crippen molar-refractivity contribution in [2.75, 3.05) is 0 Å². The minimum absolute atomic E-state index is 0.0733. The van der Waals surface area contributed by atoms with E-state index in [1.165, 1.54) is 12.1 Å². The molecular formula is C30H29NO6. The molecule has 3 aromatic carbocycles. The SMILES string of the molecule is CCCCc1cc(=O)oc2cc(OC(=O)[C@@H](Cc3ccccc3)NC(=O)OCc3ccccc3)ccc12. The van der Waals surface area contributed by atoms with E-state index in [-0.39, 0.29) is 18.8 Å². The number of benzene rings is 3. The molecule has 1 N–H and O–H groups in total. The summed E-state index contributed by atoms with van der Waals surface area (Å²) in [6, 6.07) is 24.0. The third-order valence-corrected chi connectivity index (χ3v) is 5.89. The van der Waals surface area contributed by atoms with Crippen LogP contribution in [0.4, 0.5) is 4.79 Å². The normalized spacial score (nSPS) is 11.6. The van der Waals surface area contributed by atoms with Gasteiger partial charge in [-0.25, -0.2) is 14.4 Å². The molecule has 7 heteroatoms. The highest BCUT2D eigenvalue weighted by molar-refractivity contribution is 5.85. The molecule has 0 saturated heterocycles.